The van der Waals surface area contributed by atoms with Crippen LogP contribution in [0, 0.1) is 12.7 Å². The second kappa shape index (κ2) is 7.52. The summed E-state index contributed by atoms with van der Waals surface area (Å²) in [5, 5.41) is 0. The van der Waals surface area contributed by atoms with Gasteiger partial charge >= 0.3 is 11.9 Å². The van der Waals surface area contributed by atoms with Crippen molar-refractivity contribution in [1.82, 2.24) is 0 Å². The van der Waals surface area contributed by atoms with Crippen LogP contribution in [0.4, 0.5) is 10.1 Å². The maximum atomic E-state index is 13.4. The van der Waals surface area contributed by atoms with E-state index in [1.54, 1.807) is 0 Å². The van der Waals surface area contributed by atoms with Crippen molar-refractivity contribution < 1.29 is 31.9 Å². The van der Waals surface area contributed by atoms with Crippen LogP contribution < -0.4 is 4.72 Å². The number of carbonyl (C=O) groups is 2. The van der Waals surface area contributed by atoms with E-state index >= 15 is 0 Å². The monoisotopic (exact) mass is 381 g/mol. The van der Waals surface area contributed by atoms with E-state index in [1.807, 2.05) is 0 Å². The van der Waals surface area contributed by atoms with Gasteiger partial charge in [0.1, 0.15) is 5.82 Å². The third-order valence-corrected chi connectivity index (χ3v) is 4.89. The molecule has 0 atom stereocenters. The van der Waals surface area contributed by atoms with E-state index in [2.05, 4.69) is 14.2 Å². The molecule has 0 saturated carbocycles. The second-order valence-electron chi connectivity index (χ2n) is 5.26. The first-order valence-electron chi connectivity index (χ1n) is 7.29. The van der Waals surface area contributed by atoms with Crippen LogP contribution in [0.1, 0.15) is 26.3 Å². The van der Waals surface area contributed by atoms with Gasteiger partial charge in [0, 0.05) is 0 Å². The second-order valence-corrected chi connectivity index (χ2v) is 6.94. The molecule has 0 bridgehead atoms. The predicted octanol–water partition coefficient (Wildman–Crippen LogP) is 2.51. The minimum atomic E-state index is -4.14. The summed E-state index contributed by atoms with van der Waals surface area (Å²) < 4.78 is 50.0. The summed E-state index contributed by atoms with van der Waals surface area (Å²) in [5.74, 6) is -2.05. The molecule has 0 unspecified atom stereocenters. The molecule has 0 aliphatic carbocycles. The molecule has 0 heterocycles. The summed E-state index contributed by atoms with van der Waals surface area (Å²) >= 11 is 0. The number of esters is 2. The summed E-state index contributed by atoms with van der Waals surface area (Å²) in [7, 11) is -1.84. The fourth-order valence-electron chi connectivity index (χ4n) is 2.15. The fourth-order valence-corrected chi connectivity index (χ4v) is 3.30. The molecule has 0 radical (unpaired) electrons. The maximum Gasteiger partial charge on any atom is 0.339 e. The Morgan fingerprint density at radius 3 is 2.23 bits per heavy atom. The van der Waals surface area contributed by atoms with Crippen molar-refractivity contribution in [2.45, 2.75) is 11.8 Å². The summed E-state index contributed by atoms with van der Waals surface area (Å²) in [6.07, 6.45) is 0. The third kappa shape index (κ3) is 3.99. The number of halogens is 1. The molecular weight excluding hydrogens is 365 g/mol. The lowest BCUT2D eigenvalue weighted by Gasteiger charge is -2.13. The molecule has 0 aliphatic rings. The van der Waals surface area contributed by atoms with E-state index in [1.165, 1.54) is 26.2 Å². The zero-order valence-electron chi connectivity index (χ0n) is 14.2. The van der Waals surface area contributed by atoms with E-state index in [9.17, 15) is 22.4 Å². The van der Waals surface area contributed by atoms with Crippen molar-refractivity contribution in [1.29, 1.82) is 0 Å². The Labute approximate surface area is 149 Å². The third-order valence-electron chi connectivity index (χ3n) is 3.53. The summed E-state index contributed by atoms with van der Waals surface area (Å²) in [4.78, 5) is 23.4. The smallest absolute Gasteiger partial charge is 0.339 e. The van der Waals surface area contributed by atoms with Crippen molar-refractivity contribution in [3.63, 3.8) is 0 Å². The average Bonchev–Trinajstić information content (AvgIpc) is 2.62. The number of rotatable bonds is 5. The standard InChI is InChI=1S/C17H16FNO6S/c1-10-8-12(5-7-14(10)18)26(22,23)19-15-9-11(16(20)24-2)4-6-13(15)17(21)25-3/h4-9,19H,1-3H3. The molecule has 26 heavy (non-hydrogen) atoms. The Hall–Kier alpha value is -2.94. The normalized spacial score (nSPS) is 10.9. The number of benzene rings is 2. The number of methoxy groups -OCH3 is 2. The number of hydrogen-bond acceptors (Lipinski definition) is 6. The van der Waals surface area contributed by atoms with Crippen molar-refractivity contribution in [2.75, 3.05) is 18.9 Å². The lowest BCUT2D eigenvalue weighted by atomic mass is 10.1. The van der Waals surface area contributed by atoms with Crippen molar-refractivity contribution in [3.8, 4) is 0 Å². The Balaban J connectivity index is 2.52. The molecule has 9 heteroatoms. The van der Waals surface area contributed by atoms with Crippen molar-refractivity contribution in [2.24, 2.45) is 0 Å². The van der Waals surface area contributed by atoms with Gasteiger partial charge in [-0.3, -0.25) is 4.72 Å². The van der Waals surface area contributed by atoms with Gasteiger partial charge in [-0.15, -0.1) is 0 Å². The lowest BCUT2D eigenvalue weighted by Crippen LogP contribution is -2.17. The zero-order chi connectivity index (χ0) is 19.5. The number of ether oxygens (including phenoxy) is 2. The Morgan fingerprint density at radius 1 is 1.00 bits per heavy atom. The highest BCUT2D eigenvalue weighted by atomic mass is 32.2. The minimum Gasteiger partial charge on any atom is -0.465 e. The van der Waals surface area contributed by atoms with Crippen LogP contribution in [0.5, 0.6) is 0 Å². The van der Waals surface area contributed by atoms with E-state index < -0.39 is 27.8 Å². The Kier molecular flexibility index (Phi) is 5.61. The molecule has 138 valence electrons. The number of hydrogen-bond donors (Lipinski definition) is 1. The molecule has 7 nitrogen and oxygen atoms in total. The van der Waals surface area contributed by atoms with E-state index in [0.717, 1.165) is 31.4 Å². The highest BCUT2D eigenvalue weighted by Crippen LogP contribution is 2.24. The molecule has 0 aromatic heterocycles. The van der Waals surface area contributed by atoms with Crippen LogP contribution >= 0.6 is 0 Å². The van der Waals surface area contributed by atoms with Gasteiger partial charge in [-0.1, -0.05) is 0 Å². The zero-order valence-corrected chi connectivity index (χ0v) is 15.0. The van der Waals surface area contributed by atoms with Crippen molar-refractivity contribution in [3.05, 3.63) is 58.9 Å². The molecule has 0 spiro atoms. The van der Waals surface area contributed by atoms with E-state index in [4.69, 9.17) is 0 Å². The molecule has 2 aromatic carbocycles. The fraction of sp³-hybridized carbons (Fsp3) is 0.176. The quantitative estimate of drug-likeness (QED) is 0.799. The summed E-state index contributed by atoms with van der Waals surface area (Å²) in [6, 6.07) is 6.97. The van der Waals surface area contributed by atoms with Gasteiger partial charge in [0.05, 0.1) is 35.9 Å². The van der Waals surface area contributed by atoms with Crippen LogP contribution in [0.3, 0.4) is 0 Å². The van der Waals surface area contributed by atoms with Gasteiger partial charge < -0.3 is 9.47 Å². The van der Waals surface area contributed by atoms with Gasteiger partial charge in [0.2, 0.25) is 0 Å². The van der Waals surface area contributed by atoms with Gasteiger partial charge in [-0.25, -0.2) is 22.4 Å². The number of carbonyl (C=O) groups excluding carboxylic acids is 2. The van der Waals surface area contributed by atoms with Crippen LogP contribution in [0.25, 0.3) is 0 Å². The summed E-state index contributed by atoms with van der Waals surface area (Å²) in [5.41, 5.74) is -0.0817. The van der Waals surface area contributed by atoms with Crippen molar-refractivity contribution >= 4 is 27.6 Å². The van der Waals surface area contributed by atoms with E-state index in [0.29, 0.717) is 0 Å². The molecule has 0 fully saturated rings. The summed E-state index contributed by atoms with van der Waals surface area (Å²) in [6.45, 7) is 1.42. The van der Waals surface area contributed by atoms with Gasteiger partial charge in [-0.2, -0.15) is 0 Å². The van der Waals surface area contributed by atoms with E-state index in [-0.39, 0.29) is 27.3 Å². The van der Waals surface area contributed by atoms with Crippen LogP contribution in [-0.2, 0) is 19.5 Å². The molecule has 2 aromatic rings. The topological polar surface area (TPSA) is 98.8 Å². The SMILES string of the molecule is COC(=O)c1ccc(C(=O)OC)c(NS(=O)(=O)c2ccc(F)c(C)c2)c1. The number of nitrogens with one attached hydrogen (secondary N) is 1. The average molecular weight is 381 g/mol. The number of aryl methyl sites for hydroxylation is 1. The first kappa shape index (κ1) is 19.4. The van der Waals surface area contributed by atoms with Crippen LogP contribution in [-0.4, -0.2) is 34.6 Å². The largest absolute Gasteiger partial charge is 0.465 e. The molecular formula is C17H16FNO6S. The molecule has 0 amide bonds. The molecule has 1 N–H and O–H groups in total. The van der Waals surface area contributed by atoms with Gasteiger partial charge in [0.25, 0.3) is 10.0 Å². The molecule has 0 aliphatic heterocycles. The predicted molar refractivity (Wildman–Crippen MR) is 91.1 cm³/mol. The Bertz CT molecular complexity index is 971. The highest BCUT2D eigenvalue weighted by Gasteiger charge is 2.21. The van der Waals surface area contributed by atoms with Crippen LogP contribution in [0.2, 0.25) is 0 Å². The van der Waals surface area contributed by atoms with Crippen LogP contribution in [0.15, 0.2) is 41.3 Å². The lowest BCUT2D eigenvalue weighted by molar-refractivity contribution is 0.0587. The van der Waals surface area contributed by atoms with Gasteiger partial charge in [0.15, 0.2) is 0 Å². The van der Waals surface area contributed by atoms with Gasteiger partial charge in [-0.05, 0) is 48.9 Å². The highest BCUT2D eigenvalue weighted by molar-refractivity contribution is 7.92. The number of anilines is 1. The number of sulfonamides is 1. The maximum absolute atomic E-state index is 13.4. The first-order chi connectivity index (χ1) is 12.2. The molecule has 0 saturated heterocycles. The Morgan fingerprint density at radius 2 is 1.65 bits per heavy atom. The molecule has 2 rings (SSSR count). The minimum absolute atomic E-state index is 0.0353. The first-order valence-corrected chi connectivity index (χ1v) is 8.77.